The van der Waals surface area contributed by atoms with E-state index >= 15 is 0 Å². The molecule has 6 atom stereocenters. The Labute approximate surface area is 255 Å². The van der Waals surface area contributed by atoms with Gasteiger partial charge in [-0.1, -0.05) is 99.3 Å². The second kappa shape index (κ2) is 18.5. The Kier molecular flexibility index (Phi) is 18.0. The summed E-state index contributed by atoms with van der Waals surface area (Å²) in [5.74, 6) is -1.42. The summed E-state index contributed by atoms with van der Waals surface area (Å²) in [4.78, 5) is 33.5. The average Bonchev–Trinajstić information content (AvgIpc) is 2.96. The smallest absolute Gasteiger partial charge is 0.550 e. The zero-order valence-electron chi connectivity index (χ0n) is 26.5. The molecule has 40 heavy (non-hydrogen) atoms. The molecule has 228 valence electrons. The number of aliphatic carboxylic acids is 3. The van der Waals surface area contributed by atoms with Gasteiger partial charge in [-0.15, -0.1) is 0 Å². The number of hydrogen-bond acceptors (Lipinski definition) is 6. The van der Waals surface area contributed by atoms with Crippen LogP contribution in [0, 0.1) is 34.0 Å². The number of rotatable bonds is 9. The fraction of sp³-hybridized carbons (Fsp3) is 0.909. The standard InChI is InChI=1S/3C11H20O2.Al/c3*1-3-9-7-5-6-8-11(9,4-2)10(12)13;/h3*9H,3-8H2,1-2H3,(H,12,13);/q;;;+3/p-3. The largest absolute Gasteiger partial charge is 3.00 e. The molecule has 0 bridgehead atoms. The van der Waals surface area contributed by atoms with Gasteiger partial charge in [-0.25, -0.2) is 0 Å². The Bertz CT molecular complexity index is 672. The summed E-state index contributed by atoms with van der Waals surface area (Å²) >= 11 is 0. The second-order valence-corrected chi connectivity index (χ2v) is 12.4. The van der Waals surface area contributed by atoms with Crippen LogP contribution in [0.5, 0.6) is 0 Å². The van der Waals surface area contributed by atoms with Gasteiger partial charge in [0, 0.05) is 34.2 Å². The van der Waals surface area contributed by atoms with Crippen molar-refractivity contribution in [3.8, 4) is 0 Å². The van der Waals surface area contributed by atoms with Gasteiger partial charge in [-0.3, -0.25) is 0 Å². The van der Waals surface area contributed by atoms with Crippen molar-refractivity contribution in [1.29, 1.82) is 0 Å². The molecule has 0 heterocycles. The first-order valence-electron chi connectivity index (χ1n) is 16.2. The Morgan fingerprint density at radius 3 is 0.850 bits per heavy atom. The Morgan fingerprint density at radius 1 is 0.500 bits per heavy atom. The van der Waals surface area contributed by atoms with Gasteiger partial charge in [0.15, 0.2) is 0 Å². The molecule has 6 unspecified atom stereocenters. The van der Waals surface area contributed by atoms with Gasteiger partial charge in [0.25, 0.3) is 0 Å². The van der Waals surface area contributed by atoms with E-state index in [1.54, 1.807) is 0 Å². The molecule has 0 aromatic heterocycles. The summed E-state index contributed by atoms with van der Waals surface area (Å²) in [5.41, 5.74) is -1.52. The molecule has 7 heteroatoms. The SMILES string of the molecule is CCC1CCCCC1(CC)C(=O)[O-].CCC1CCCCC1(CC)C(=O)[O-].CCC1CCCCC1(CC)C(=O)[O-].[Al+3]. The number of carbonyl (C=O) groups is 3. The van der Waals surface area contributed by atoms with E-state index in [0.717, 1.165) is 96.3 Å². The fourth-order valence-corrected chi connectivity index (χ4v) is 8.35. The van der Waals surface area contributed by atoms with Crippen LogP contribution in [-0.2, 0) is 14.4 Å². The maximum Gasteiger partial charge on any atom is 3.00 e. The summed E-state index contributed by atoms with van der Waals surface area (Å²) in [6.45, 7) is 12.2. The number of hydrogen-bond donors (Lipinski definition) is 0. The first-order chi connectivity index (χ1) is 18.5. The predicted octanol–water partition coefficient (Wildman–Crippen LogP) is 4.82. The molecule has 3 aliphatic rings. The third-order valence-electron chi connectivity index (χ3n) is 11.2. The molecule has 0 radical (unpaired) electrons. The van der Waals surface area contributed by atoms with Crippen molar-refractivity contribution in [2.75, 3.05) is 0 Å². The molecule has 0 aliphatic heterocycles. The molecule has 3 saturated carbocycles. The molecule has 6 nitrogen and oxygen atoms in total. The van der Waals surface area contributed by atoms with Gasteiger partial charge in [0.2, 0.25) is 0 Å². The van der Waals surface area contributed by atoms with Crippen molar-refractivity contribution >= 4 is 35.3 Å². The van der Waals surface area contributed by atoms with Crippen LogP contribution in [0.25, 0.3) is 0 Å². The van der Waals surface area contributed by atoms with E-state index in [4.69, 9.17) is 0 Å². The van der Waals surface area contributed by atoms with Gasteiger partial charge in [0.1, 0.15) is 0 Å². The molecule has 0 N–H and O–H groups in total. The van der Waals surface area contributed by atoms with E-state index in [1.165, 1.54) is 19.3 Å². The van der Waals surface area contributed by atoms with E-state index in [9.17, 15) is 29.7 Å². The summed E-state index contributed by atoms with van der Waals surface area (Å²) in [6, 6.07) is 0. The molecule has 0 aromatic carbocycles. The molecule has 0 saturated heterocycles. The van der Waals surface area contributed by atoms with Gasteiger partial charge in [-0.05, 0) is 75.5 Å². The van der Waals surface area contributed by atoms with Gasteiger partial charge in [0.05, 0.1) is 0 Å². The zero-order valence-corrected chi connectivity index (χ0v) is 27.6. The molecule has 0 spiro atoms. The van der Waals surface area contributed by atoms with E-state index in [2.05, 4.69) is 20.8 Å². The molecule has 0 aromatic rings. The molecule has 3 aliphatic carbocycles. The maximum absolute atomic E-state index is 11.2. The molecular formula is C33H57AlO6. The van der Waals surface area contributed by atoms with Crippen LogP contribution in [0.3, 0.4) is 0 Å². The second-order valence-electron chi connectivity index (χ2n) is 12.4. The van der Waals surface area contributed by atoms with Crippen molar-refractivity contribution < 1.29 is 29.7 Å². The third-order valence-corrected chi connectivity index (χ3v) is 11.2. The zero-order chi connectivity index (χ0) is 29.7. The van der Waals surface area contributed by atoms with Crippen molar-refractivity contribution in [3.05, 3.63) is 0 Å². The number of carboxylic acids is 3. The fourth-order valence-electron chi connectivity index (χ4n) is 8.35. The monoisotopic (exact) mass is 576 g/mol. The van der Waals surface area contributed by atoms with Crippen LogP contribution in [0.4, 0.5) is 0 Å². The Hall–Kier alpha value is -1.06. The summed E-state index contributed by atoms with van der Waals surface area (Å²) in [6.07, 6.45) is 17.5. The number of carbonyl (C=O) groups excluding carboxylic acids is 3. The van der Waals surface area contributed by atoms with E-state index < -0.39 is 34.2 Å². The summed E-state index contributed by atoms with van der Waals surface area (Å²) < 4.78 is 0. The maximum atomic E-state index is 11.2. The van der Waals surface area contributed by atoms with Crippen LogP contribution in [0.2, 0.25) is 0 Å². The number of carboxylic acid groups (broad SMARTS) is 3. The molecule has 3 rings (SSSR count). The van der Waals surface area contributed by atoms with Crippen LogP contribution in [0.15, 0.2) is 0 Å². The van der Waals surface area contributed by atoms with Gasteiger partial charge >= 0.3 is 17.4 Å². The van der Waals surface area contributed by atoms with Crippen molar-refractivity contribution in [2.24, 2.45) is 34.0 Å². The van der Waals surface area contributed by atoms with E-state index in [0.29, 0.717) is 17.8 Å². The van der Waals surface area contributed by atoms with E-state index in [1.807, 2.05) is 20.8 Å². The molecular weight excluding hydrogens is 519 g/mol. The van der Waals surface area contributed by atoms with Gasteiger partial charge < -0.3 is 29.7 Å². The van der Waals surface area contributed by atoms with Crippen LogP contribution < -0.4 is 15.3 Å². The minimum Gasteiger partial charge on any atom is -0.550 e. The molecule has 3 fully saturated rings. The van der Waals surface area contributed by atoms with Gasteiger partial charge in [-0.2, -0.15) is 0 Å². The summed E-state index contributed by atoms with van der Waals surface area (Å²) in [7, 11) is 0. The first kappa shape index (κ1) is 38.9. The topological polar surface area (TPSA) is 120 Å². The van der Waals surface area contributed by atoms with Crippen molar-refractivity contribution in [1.82, 2.24) is 0 Å². The quantitative estimate of drug-likeness (QED) is 0.363. The summed E-state index contributed by atoms with van der Waals surface area (Å²) in [5, 5.41) is 33.5. The van der Waals surface area contributed by atoms with Crippen molar-refractivity contribution in [3.63, 3.8) is 0 Å². The Balaban J connectivity index is 0.000000563. The third kappa shape index (κ3) is 8.73. The van der Waals surface area contributed by atoms with Crippen LogP contribution in [0.1, 0.15) is 157 Å². The van der Waals surface area contributed by atoms with Crippen LogP contribution in [-0.4, -0.2) is 35.3 Å². The average molecular weight is 577 g/mol. The van der Waals surface area contributed by atoms with E-state index in [-0.39, 0.29) is 17.4 Å². The normalized spacial score (nSPS) is 33.6. The minimum atomic E-state index is -0.818. The molecule has 0 amide bonds. The minimum absolute atomic E-state index is 0. The van der Waals surface area contributed by atoms with Crippen molar-refractivity contribution in [2.45, 2.75) is 157 Å². The van der Waals surface area contributed by atoms with Crippen LogP contribution >= 0.6 is 0 Å². The predicted molar refractivity (Wildman–Crippen MR) is 156 cm³/mol. The first-order valence-corrected chi connectivity index (χ1v) is 16.2. The Morgan fingerprint density at radius 2 is 0.725 bits per heavy atom.